The normalized spacial score (nSPS) is 15.2. The summed E-state index contributed by atoms with van der Waals surface area (Å²) in [5, 5.41) is 30.7. The molecule has 0 aliphatic heterocycles. The summed E-state index contributed by atoms with van der Waals surface area (Å²) in [5.74, 6) is -0.840. The number of aromatic carboxylic acids is 1. The van der Waals surface area contributed by atoms with Gasteiger partial charge in [-0.25, -0.2) is 4.79 Å². The highest BCUT2D eigenvalue weighted by atomic mass is 32.1. The first kappa shape index (κ1) is 22.4. The van der Waals surface area contributed by atoms with Crippen LogP contribution in [0.4, 0.5) is 10.8 Å². The van der Waals surface area contributed by atoms with Crippen molar-refractivity contribution >= 4 is 34.0 Å². The Labute approximate surface area is 193 Å². The maximum atomic E-state index is 12.3. The van der Waals surface area contributed by atoms with Crippen molar-refractivity contribution in [3.8, 4) is 11.6 Å². The summed E-state index contributed by atoms with van der Waals surface area (Å²) in [4.78, 5) is 27.6. The summed E-state index contributed by atoms with van der Waals surface area (Å²) in [7, 11) is 1.64. The van der Waals surface area contributed by atoms with E-state index in [9.17, 15) is 14.7 Å². The number of aryl methyl sites for hydroxylation is 1. The number of azo groups is 1. The monoisotopic (exact) mass is 466 g/mol. The number of rotatable bonds is 7. The predicted octanol–water partition coefficient (Wildman–Crippen LogP) is 4.90. The number of carboxylic acid groups (broad SMARTS) is 1. The largest absolute Gasteiger partial charge is 0.497 e. The van der Waals surface area contributed by atoms with E-state index in [4.69, 9.17) is 9.84 Å². The zero-order valence-corrected chi connectivity index (χ0v) is 18.6. The van der Waals surface area contributed by atoms with Crippen molar-refractivity contribution in [2.45, 2.75) is 31.7 Å². The van der Waals surface area contributed by atoms with E-state index in [0.717, 1.165) is 41.9 Å². The first-order valence-corrected chi connectivity index (χ1v) is 11.1. The molecule has 4 rings (SSSR count). The van der Waals surface area contributed by atoms with E-state index in [0.29, 0.717) is 10.6 Å². The lowest BCUT2D eigenvalue weighted by Gasteiger charge is -2.21. The summed E-state index contributed by atoms with van der Waals surface area (Å²) >= 11 is 1.10. The van der Waals surface area contributed by atoms with Gasteiger partial charge in [0.25, 0.3) is 0 Å². The fourth-order valence-corrected chi connectivity index (χ4v) is 4.45. The molecule has 1 aliphatic carbocycles. The highest BCUT2D eigenvalue weighted by Gasteiger charge is 2.21. The molecule has 1 aromatic heterocycles. The van der Waals surface area contributed by atoms with Gasteiger partial charge in [-0.05, 0) is 66.8 Å². The second kappa shape index (κ2) is 9.78. The zero-order valence-electron chi connectivity index (χ0n) is 17.8. The minimum absolute atomic E-state index is 0.0915. The summed E-state index contributed by atoms with van der Waals surface area (Å²) in [5.41, 5.74) is 2.89. The molecule has 9 nitrogen and oxygen atoms in total. The third-order valence-corrected chi connectivity index (χ3v) is 6.25. The van der Waals surface area contributed by atoms with Crippen LogP contribution in [0, 0.1) is 0 Å². The van der Waals surface area contributed by atoms with Crippen molar-refractivity contribution in [1.29, 1.82) is 0 Å². The number of carboxylic acids is 1. The SMILES string of the molecule is COc1ccc2c(c1)CCCC2N=Nc1nc(O)c(CC(=O)Nc2ccc(C(=O)O)cc2)s1. The highest BCUT2D eigenvalue weighted by Crippen LogP contribution is 2.37. The van der Waals surface area contributed by atoms with Crippen LogP contribution in [-0.4, -0.2) is 34.2 Å². The van der Waals surface area contributed by atoms with E-state index in [2.05, 4.69) is 20.5 Å². The van der Waals surface area contributed by atoms with Crippen molar-refractivity contribution in [3.63, 3.8) is 0 Å². The standard InChI is InChI=1S/C23H22N4O5S/c1-32-16-9-10-17-14(11-16)3-2-4-18(17)26-27-23-25-21(29)19(33-23)12-20(28)24-15-7-5-13(6-8-15)22(30)31/h5-11,18,29H,2-4,12H2,1H3,(H,24,28)(H,30,31). The maximum Gasteiger partial charge on any atom is 0.335 e. The predicted molar refractivity (Wildman–Crippen MR) is 123 cm³/mol. The number of amides is 1. The molecule has 0 saturated heterocycles. The molecule has 0 bridgehead atoms. The first-order valence-electron chi connectivity index (χ1n) is 10.3. The number of anilines is 1. The zero-order chi connectivity index (χ0) is 23.4. The van der Waals surface area contributed by atoms with Crippen molar-refractivity contribution in [2.24, 2.45) is 10.2 Å². The second-order valence-electron chi connectivity index (χ2n) is 7.54. The van der Waals surface area contributed by atoms with Gasteiger partial charge in [-0.2, -0.15) is 10.1 Å². The molecule has 2 aromatic carbocycles. The van der Waals surface area contributed by atoms with Gasteiger partial charge in [0.2, 0.25) is 16.9 Å². The second-order valence-corrected chi connectivity index (χ2v) is 8.60. The van der Waals surface area contributed by atoms with Gasteiger partial charge in [0.1, 0.15) is 5.75 Å². The maximum absolute atomic E-state index is 12.3. The van der Waals surface area contributed by atoms with Crippen LogP contribution in [0.5, 0.6) is 11.6 Å². The van der Waals surface area contributed by atoms with Crippen LogP contribution < -0.4 is 10.1 Å². The quantitative estimate of drug-likeness (QED) is 0.424. The molecule has 10 heteroatoms. The Bertz CT molecular complexity index is 1210. The number of thiazole rings is 1. The van der Waals surface area contributed by atoms with E-state index in [1.54, 1.807) is 7.11 Å². The lowest BCUT2D eigenvalue weighted by Crippen LogP contribution is -2.13. The van der Waals surface area contributed by atoms with Gasteiger partial charge in [0.05, 0.1) is 30.0 Å². The molecule has 0 radical (unpaired) electrons. The number of aromatic nitrogens is 1. The van der Waals surface area contributed by atoms with Gasteiger partial charge < -0.3 is 20.3 Å². The third kappa shape index (κ3) is 5.35. The molecule has 1 aliphatic rings. The molecule has 1 atom stereocenters. The average Bonchev–Trinajstić information content (AvgIpc) is 3.16. The van der Waals surface area contributed by atoms with E-state index >= 15 is 0 Å². The van der Waals surface area contributed by atoms with Crippen molar-refractivity contribution in [1.82, 2.24) is 4.98 Å². The molecule has 1 heterocycles. The van der Waals surface area contributed by atoms with Crippen LogP contribution in [0.3, 0.4) is 0 Å². The Morgan fingerprint density at radius 1 is 1.24 bits per heavy atom. The van der Waals surface area contributed by atoms with E-state index in [1.807, 2.05) is 18.2 Å². The summed E-state index contributed by atoms with van der Waals surface area (Å²) < 4.78 is 5.30. The first-order chi connectivity index (χ1) is 15.9. The fraction of sp³-hybridized carbons (Fsp3) is 0.261. The molecule has 3 N–H and O–H groups in total. The number of methoxy groups -OCH3 is 1. The number of hydrogen-bond donors (Lipinski definition) is 3. The van der Waals surface area contributed by atoms with Gasteiger partial charge in [-0.1, -0.05) is 17.4 Å². The summed E-state index contributed by atoms with van der Waals surface area (Å²) in [6.45, 7) is 0. The Morgan fingerprint density at radius 3 is 2.76 bits per heavy atom. The van der Waals surface area contributed by atoms with Crippen molar-refractivity contribution in [3.05, 3.63) is 64.0 Å². The number of nitrogens with one attached hydrogen (secondary N) is 1. The number of benzene rings is 2. The average molecular weight is 467 g/mol. The van der Waals surface area contributed by atoms with Crippen LogP contribution in [0.2, 0.25) is 0 Å². The van der Waals surface area contributed by atoms with Gasteiger partial charge in [0, 0.05) is 5.69 Å². The van der Waals surface area contributed by atoms with Crippen LogP contribution >= 0.6 is 11.3 Å². The van der Waals surface area contributed by atoms with Gasteiger partial charge in [0.15, 0.2) is 0 Å². The number of carbonyl (C=O) groups is 2. The van der Waals surface area contributed by atoms with E-state index in [-0.39, 0.29) is 34.9 Å². The Kier molecular flexibility index (Phi) is 6.64. The molecule has 1 amide bonds. The minimum atomic E-state index is -1.04. The number of fused-ring (bicyclic) bond motifs is 1. The van der Waals surface area contributed by atoms with Crippen LogP contribution in [0.1, 0.15) is 45.2 Å². The number of ether oxygens (including phenoxy) is 1. The summed E-state index contributed by atoms with van der Waals surface area (Å²) in [6, 6.07) is 11.7. The lowest BCUT2D eigenvalue weighted by molar-refractivity contribution is -0.115. The lowest BCUT2D eigenvalue weighted by atomic mass is 9.88. The molecule has 0 spiro atoms. The van der Waals surface area contributed by atoms with Gasteiger partial charge in [-0.3, -0.25) is 4.79 Å². The van der Waals surface area contributed by atoms with E-state index < -0.39 is 5.97 Å². The molecule has 33 heavy (non-hydrogen) atoms. The molecule has 0 fully saturated rings. The number of nitrogens with zero attached hydrogens (tertiary/aromatic N) is 3. The van der Waals surface area contributed by atoms with Crippen LogP contribution in [-0.2, 0) is 17.6 Å². The van der Waals surface area contributed by atoms with Crippen molar-refractivity contribution in [2.75, 3.05) is 12.4 Å². The Hall–Kier alpha value is -3.79. The van der Waals surface area contributed by atoms with Crippen LogP contribution in [0.15, 0.2) is 52.7 Å². The molecule has 3 aromatic rings. The van der Waals surface area contributed by atoms with Gasteiger partial charge >= 0.3 is 5.97 Å². The fourth-order valence-electron chi connectivity index (χ4n) is 3.67. The highest BCUT2D eigenvalue weighted by molar-refractivity contribution is 7.15. The van der Waals surface area contributed by atoms with Crippen LogP contribution in [0.25, 0.3) is 0 Å². The number of aromatic hydroxyl groups is 1. The minimum Gasteiger partial charge on any atom is -0.497 e. The summed E-state index contributed by atoms with van der Waals surface area (Å²) in [6.07, 6.45) is 2.74. The molecule has 170 valence electrons. The van der Waals surface area contributed by atoms with Gasteiger partial charge in [-0.15, -0.1) is 5.11 Å². The Balaban J connectivity index is 1.41. The molecule has 1 unspecified atom stereocenters. The van der Waals surface area contributed by atoms with Crippen molar-refractivity contribution < 1.29 is 24.5 Å². The molecular formula is C23H22N4O5S. The molecular weight excluding hydrogens is 444 g/mol. The molecule has 0 saturated carbocycles. The number of carbonyl (C=O) groups excluding carboxylic acids is 1. The topological polar surface area (TPSA) is 133 Å². The third-order valence-electron chi connectivity index (χ3n) is 5.32. The number of hydrogen-bond acceptors (Lipinski definition) is 8. The van der Waals surface area contributed by atoms with E-state index in [1.165, 1.54) is 29.8 Å². The Morgan fingerprint density at radius 2 is 2.03 bits per heavy atom. The smallest absolute Gasteiger partial charge is 0.335 e.